The second-order valence-corrected chi connectivity index (χ2v) is 13.0. The molecule has 2 aromatic heterocycles. The van der Waals surface area contributed by atoms with Crippen molar-refractivity contribution in [2.24, 2.45) is 0 Å². The number of fused-ring (bicyclic) bond motifs is 6. The normalized spacial score (nSPS) is 11.6. The quantitative estimate of drug-likeness (QED) is 0.183. The summed E-state index contributed by atoms with van der Waals surface area (Å²) in [5.41, 5.74) is 6.81. The molecule has 0 amide bonds. The van der Waals surface area contributed by atoms with Gasteiger partial charge in [0, 0.05) is 38.4 Å². The monoisotopic (exact) mass is 703 g/mol. The molecule has 54 heavy (non-hydrogen) atoms. The van der Waals surface area contributed by atoms with Crippen molar-refractivity contribution in [1.29, 1.82) is 15.8 Å². The summed E-state index contributed by atoms with van der Waals surface area (Å²) in [5.74, 6) is 0. The van der Waals surface area contributed by atoms with Crippen LogP contribution in [0, 0.1) is 34.0 Å². The second kappa shape index (κ2) is 12.3. The minimum atomic E-state index is -4.59. The molecule has 0 fully saturated rings. The number of aromatic nitrogens is 2. The van der Waals surface area contributed by atoms with E-state index in [2.05, 4.69) is 18.2 Å². The zero-order valence-corrected chi connectivity index (χ0v) is 28.2. The number of para-hydroxylation sites is 3. The van der Waals surface area contributed by atoms with Gasteiger partial charge in [0.25, 0.3) is 0 Å². The Morgan fingerprint density at radius 3 is 1.65 bits per heavy atom. The van der Waals surface area contributed by atoms with Crippen LogP contribution in [-0.2, 0) is 6.18 Å². The highest BCUT2D eigenvalue weighted by Gasteiger charge is 2.32. The number of rotatable bonds is 4. The van der Waals surface area contributed by atoms with Gasteiger partial charge >= 0.3 is 6.18 Å². The van der Waals surface area contributed by atoms with Gasteiger partial charge < -0.3 is 9.13 Å². The number of hydrogen-bond acceptors (Lipinski definition) is 3. The third kappa shape index (κ3) is 5.07. The molecule has 0 saturated heterocycles. The molecule has 0 spiro atoms. The predicted octanol–water partition coefficient (Wildman–Crippen LogP) is 11.8. The van der Waals surface area contributed by atoms with Crippen molar-refractivity contribution in [3.8, 4) is 51.8 Å². The number of nitriles is 3. The Labute approximate surface area is 306 Å². The summed E-state index contributed by atoms with van der Waals surface area (Å²) in [7, 11) is 0. The fraction of sp³-hybridized carbons (Fsp3) is 0.0217. The van der Waals surface area contributed by atoms with Crippen LogP contribution < -0.4 is 0 Å². The predicted molar refractivity (Wildman–Crippen MR) is 205 cm³/mol. The van der Waals surface area contributed by atoms with Crippen LogP contribution in [0.3, 0.4) is 0 Å². The first kappa shape index (κ1) is 32.3. The summed E-state index contributed by atoms with van der Waals surface area (Å²) in [6, 6.07) is 49.7. The topological polar surface area (TPSA) is 81.2 Å². The van der Waals surface area contributed by atoms with Crippen LogP contribution in [0.1, 0.15) is 22.3 Å². The zero-order chi connectivity index (χ0) is 37.1. The van der Waals surface area contributed by atoms with Crippen LogP contribution in [0.2, 0.25) is 0 Å². The maximum Gasteiger partial charge on any atom is 0.416 e. The van der Waals surface area contributed by atoms with E-state index in [4.69, 9.17) is 0 Å². The van der Waals surface area contributed by atoms with Gasteiger partial charge in [0.2, 0.25) is 0 Å². The molecule has 2 heterocycles. The molecule has 0 aliphatic rings. The highest BCUT2D eigenvalue weighted by molar-refractivity contribution is 6.11. The summed E-state index contributed by atoms with van der Waals surface area (Å²) >= 11 is 0. The molecule has 0 aliphatic heterocycles. The number of hydrogen-bond donors (Lipinski definition) is 0. The van der Waals surface area contributed by atoms with Crippen molar-refractivity contribution in [2.75, 3.05) is 0 Å². The molecule has 0 unspecified atom stereocenters. The van der Waals surface area contributed by atoms with Gasteiger partial charge in [-0.05, 0) is 90.0 Å². The molecule has 0 atom stereocenters. The maximum absolute atomic E-state index is 14.6. The van der Waals surface area contributed by atoms with Gasteiger partial charge in [-0.3, -0.25) is 0 Å². The van der Waals surface area contributed by atoms with Crippen LogP contribution in [0.15, 0.2) is 146 Å². The molecule has 7 aromatic carbocycles. The molecular formula is C46H24F3N5. The summed E-state index contributed by atoms with van der Waals surface area (Å²) < 4.78 is 47.9. The Hall–Kier alpha value is -7.60. The van der Waals surface area contributed by atoms with Gasteiger partial charge in [-0.25, -0.2) is 0 Å². The fourth-order valence-corrected chi connectivity index (χ4v) is 7.64. The first-order valence-electron chi connectivity index (χ1n) is 17.0. The molecule has 0 aliphatic carbocycles. The lowest BCUT2D eigenvalue weighted by atomic mass is 9.95. The van der Waals surface area contributed by atoms with E-state index in [0.29, 0.717) is 44.8 Å². The second-order valence-electron chi connectivity index (χ2n) is 13.0. The van der Waals surface area contributed by atoms with Crippen LogP contribution in [0.25, 0.3) is 77.2 Å². The molecule has 0 N–H and O–H groups in total. The minimum absolute atomic E-state index is 0.289. The summed E-state index contributed by atoms with van der Waals surface area (Å²) in [4.78, 5) is 0. The minimum Gasteiger partial charge on any atom is -0.309 e. The zero-order valence-electron chi connectivity index (χ0n) is 28.2. The molecule has 5 nitrogen and oxygen atoms in total. The SMILES string of the molecule is N#Cc1ccc(-c2cc(C#N)ccc2-n2c3ccccc3c3cc(-c4cc(-n5c6ccccc6c6ccccc65)cc(C(F)(F)F)c4)ccc32)c(C#N)c1. The van der Waals surface area contributed by atoms with Crippen molar-refractivity contribution in [3.63, 3.8) is 0 Å². The van der Waals surface area contributed by atoms with Gasteiger partial charge in [-0.2, -0.15) is 29.0 Å². The van der Waals surface area contributed by atoms with Crippen molar-refractivity contribution in [2.45, 2.75) is 6.18 Å². The largest absolute Gasteiger partial charge is 0.416 e. The van der Waals surface area contributed by atoms with E-state index in [1.54, 1.807) is 24.3 Å². The van der Waals surface area contributed by atoms with Crippen LogP contribution >= 0.6 is 0 Å². The lowest BCUT2D eigenvalue weighted by Gasteiger charge is -2.16. The first-order chi connectivity index (χ1) is 26.3. The first-order valence-corrected chi connectivity index (χ1v) is 17.0. The third-order valence-electron chi connectivity index (χ3n) is 10.0. The van der Waals surface area contributed by atoms with Gasteiger partial charge in [0.1, 0.15) is 0 Å². The highest BCUT2D eigenvalue weighted by atomic mass is 19.4. The Balaban J connectivity index is 1.29. The molecule has 0 radical (unpaired) electrons. The van der Waals surface area contributed by atoms with Gasteiger partial charge in [-0.1, -0.05) is 66.7 Å². The molecule has 9 aromatic rings. The molecule has 0 bridgehead atoms. The van der Waals surface area contributed by atoms with Crippen molar-refractivity contribution >= 4 is 43.6 Å². The lowest BCUT2D eigenvalue weighted by Crippen LogP contribution is -2.07. The van der Waals surface area contributed by atoms with Crippen molar-refractivity contribution in [1.82, 2.24) is 9.13 Å². The van der Waals surface area contributed by atoms with E-state index in [1.807, 2.05) is 112 Å². The van der Waals surface area contributed by atoms with E-state index < -0.39 is 11.7 Å². The number of alkyl halides is 3. The van der Waals surface area contributed by atoms with Gasteiger partial charge in [0.05, 0.1) is 68.2 Å². The summed E-state index contributed by atoms with van der Waals surface area (Å²) in [6.45, 7) is 0. The number of halogens is 3. The van der Waals surface area contributed by atoms with E-state index in [-0.39, 0.29) is 5.56 Å². The molecular weight excluding hydrogens is 680 g/mol. The van der Waals surface area contributed by atoms with E-state index in [9.17, 15) is 29.0 Å². The molecule has 9 rings (SSSR count). The average molecular weight is 704 g/mol. The molecule has 0 saturated carbocycles. The smallest absolute Gasteiger partial charge is 0.309 e. The van der Waals surface area contributed by atoms with Crippen molar-refractivity contribution < 1.29 is 13.2 Å². The van der Waals surface area contributed by atoms with Crippen LogP contribution in [0.5, 0.6) is 0 Å². The molecule has 254 valence electrons. The van der Waals surface area contributed by atoms with Crippen molar-refractivity contribution in [3.05, 3.63) is 168 Å². The van der Waals surface area contributed by atoms with E-state index >= 15 is 0 Å². The highest BCUT2D eigenvalue weighted by Crippen LogP contribution is 2.42. The Morgan fingerprint density at radius 2 is 1.02 bits per heavy atom. The van der Waals surface area contributed by atoms with Gasteiger partial charge in [0.15, 0.2) is 0 Å². The Morgan fingerprint density at radius 1 is 0.444 bits per heavy atom. The Kier molecular flexibility index (Phi) is 7.34. The van der Waals surface area contributed by atoms with E-state index in [1.165, 1.54) is 18.2 Å². The lowest BCUT2D eigenvalue weighted by molar-refractivity contribution is -0.137. The average Bonchev–Trinajstić information content (AvgIpc) is 3.72. The Bertz CT molecular complexity index is 3090. The van der Waals surface area contributed by atoms with Gasteiger partial charge in [-0.15, -0.1) is 0 Å². The van der Waals surface area contributed by atoms with Crippen LogP contribution in [0.4, 0.5) is 13.2 Å². The fourth-order valence-electron chi connectivity index (χ4n) is 7.64. The summed E-state index contributed by atoms with van der Waals surface area (Å²) in [5, 5.41) is 33.0. The molecule has 8 heteroatoms. The standard InChI is InChI=1S/C46H24F3N5/c47-46(48,49)33-21-31(22-34(24-33)53-41-10-4-1-7-36(41)37-8-2-5-11-42(37)53)30-15-18-45-40(23-30)38-9-3-6-12-43(38)54(45)44-17-14-29(26-51)20-39(44)35-16-13-28(25-50)19-32(35)27-52/h1-24H. The number of benzene rings is 7. The third-order valence-corrected chi connectivity index (χ3v) is 10.0. The van der Waals surface area contributed by atoms with E-state index in [0.717, 1.165) is 43.6 Å². The van der Waals surface area contributed by atoms with Crippen LogP contribution in [-0.4, -0.2) is 9.13 Å². The maximum atomic E-state index is 14.6. The number of nitrogens with zero attached hydrogens (tertiary/aromatic N) is 5. The summed E-state index contributed by atoms with van der Waals surface area (Å²) in [6.07, 6.45) is -4.59.